The van der Waals surface area contributed by atoms with E-state index < -0.39 is 21.8 Å². The molecule has 33 heavy (non-hydrogen) atoms. The number of nitrogens with two attached hydrogens (primary N) is 1. The molecule has 170 valence electrons. The first-order valence-electron chi connectivity index (χ1n) is 9.69. The molecule has 0 saturated carbocycles. The molecule has 0 radical (unpaired) electrons. The van der Waals surface area contributed by atoms with Crippen molar-refractivity contribution < 1.29 is 21.6 Å². The molecule has 0 unspecified atom stereocenters. The maximum absolute atomic E-state index is 13.1. The van der Waals surface area contributed by atoms with E-state index in [2.05, 4.69) is 9.97 Å². The number of aromatic nitrogens is 2. The molecule has 2 heterocycles. The molecule has 0 aliphatic rings. The number of hydrogen-bond donors (Lipinski definition) is 1. The molecule has 0 fully saturated rings. The summed E-state index contributed by atoms with van der Waals surface area (Å²) in [6, 6.07) is 16.0. The van der Waals surface area contributed by atoms with E-state index >= 15 is 0 Å². The lowest BCUT2D eigenvalue weighted by atomic mass is 10.0. The summed E-state index contributed by atoms with van der Waals surface area (Å²) in [6.07, 6.45) is -4.42. The fourth-order valence-corrected chi connectivity index (χ4v) is 5.15. The first kappa shape index (κ1) is 23.1. The summed E-state index contributed by atoms with van der Waals surface area (Å²) >= 11 is 1.06. The van der Waals surface area contributed by atoms with Crippen LogP contribution in [0.1, 0.15) is 16.8 Å². The Morgan fingerprint density at radius 3 is 2.24 bits per heavy atom. The van der Waals surface area contributed by atoms with Crippen LogP contribution in [0.3, 0.4) is 0 Å². The number of alkyl halides is 3. The van der Waals surface area contributed by atoms with Crippen LogP contribution in [0.4, 0.5) is 13.2 Å². The quantitative estimate of drug-likeness (QED) is 0.391. The summed E-state index contributed by atoms with van der Waals surface area (Å²) in [7, 11) is -3.79. The molecule has 2 aromatic carbocycles. The number of primary sulfonamides is 1. The van der Waals surface area contributed by atoms with Crippen molar-refractivity contribution in [1.82, 2.24) is 9.97 Å². The third-order valence-corrected chi connectivity index (χ3v) is 7.52. The number of sulfonamides is 1. The van der Waals surface area contributed by atoms with Gasteiger partial charge in [0.15, 0.2) is 5.82 Å². The van der Waals surface area contributed by atoms with Gasteiger partial charge in [-0.15, -0.1) is 11.3 Å². The minimum atomic E-state index is -4.42. The van der Waals surface area contributed by atoms with E-state index in [1.165, 1.54) is 25.1 Å². The Kier molecular flexibility index (Phi) is 5.85. The highest BCUT2D eigenvalue weighted by atomic mass is 32.2. The van der Waals surface area contributed by atoms with Gasteiger partial charge in [-0.2, -0.15) is 13.2 Å². The summed E-state index contributed by atoms with van der Waals surface area (Å²) in [5.41, 5.74) is 2.61. The molecule has 0 spiro atoms. The first-order chi connectivity index (χ1) is 15.4. The summed E-state index contributed by atoms with van der Waals surface area (Å²) in [5.74, 6) is 0.410. The molecule has 0 saturated heterocycles. The van der Waals surface area contributed by atoms with Crippen molar-refractivity contribution in [3.05, 3.63) is 77.5 Å². The summed E-state index contributed by atoms with van der Waals surface area (Å²) < 4.78 is 62.6. The lowest BCUT2D eigenvalue weighted by Gasteiger charge is -2.12. The molecule has 4 rings (SSSR count). The number of rotatable bonds is 4. The lowest BCUT2D eigenvalue weighted by Crippen LogP contribution is -2.09. The van der Waals surface area contributed by atoms with Crippen LogP contribution in [-0.4, -0.2) is 18.4 Å². The fraction of sp³-hybridized carbons (Fsp3) is 0.130. The van der Waals surface area contributed by atoms with E-state index in [9.17, 15) is 21.6 Å². The number of halogens is 3. The second-order valence-corrected chi connectivity index (χ2v) is 10.4. The van der Waals surface area contributed by atoms with E-state index in [4.69, 9.17) is 5.14 Å². The van der Waals surface area contributed by atoms with Crippen molar-refractivity contribution in [3.8, 4) is 33.1 Å². The second kappa shape index (κ2) is 8.36. The minimum absolute atomic E-state index is 0.0645. The van der Waals surface area contributed by atoms with E-state index in [0.29, 0.717) is 33.2 Å². The first-order valence-corrected chi connectivity index (χ1v) is 12.1. The van der Waals surface area contributed by atoms with Gasteiger partial charge in [0.2, 0.25) is 10.0 Å². The topological polar surface area (TPSA) is 85.9 Å². The van der Waals surface area contributed by atoms with Crippen LogP contribution in [0.5, 0.6) is 0 Å². The van der Waals surface area contributed by atoms with Gasteiger partial charge in [0, 0.05) is 21.7 Å². The number of hydrogen-bond acceptors (Lipinski definition) is 5. The molecule has 10 heteroatoms. The van der Waals surface area contributed by atoms with Crippen molar-refractivity contribution >= 4 is 21.4 Å². The van der Waals surface area contributed by atoms with Gasteiger partial charge in [0.25, 0.3) is 0 Å². The molecular weight excluding hydrogens is 471 g/mol. The van der Waals surface area contributed by atoms with Crippen LogP contribution in [-0.2, 0) is 16.2 Å². The zero-order valence-corrected chi connectivity index (χ0v) is 19.1. The van der Waals surface area contributed by atoms with Crippen LogP contribution < -0.4 is 5.14 Å². The van der Waals surface area contributed by atoms with Gasteiger partial charge in [-0.05, 0) is 61.4 Å². The zero-order valence-electron chi connectivity index (χ0n) is 17.5. The largest absolute Gasteiger partial charge is 0.416 e. The highest BCUT2D eigenvalue weighted by Gasteiger charge is 2.32. The molecule has 0 bridgehead atoms. The van der Waals surface area contributed by atoms with Crippen LogP contribution in [0.15, 0.2) is 64.9 Å². The number of thiophene rings is 1. The van der Waals surface area contributed by atoms with Crippen LogP contribution in [0.2, 0.25) is 0 Å². The molecule has 0 amide bonds. The predicted molar refractivity (Wildman–Crippen MR) is 122 cm³/mol. The molecule has 2 aromatic heterocycles. The SMILES string of the molecule is Cc1cc(-c2ccc(C(F)(F)F)c(C)c2)nc(-c2cccc(-c3ccc(S(N)(=O)=O)s3)c2)n1. The van der Waals surface area contributed by atoms with Gasteiger partial charge in [-0.1, -0.05) is 24.3 Å². The third-order valence-electron chi connectivity index (χ3n) is 4.95. The second-order valence-electron chi connectivity index (χ2n) is 7.49. The Morgan fingerprint density at radius 1 is 0.879 bits per heavy atom. The number of aryl methyl sites for hydroxylation is 2. The van der Waals surface area contributed by atoms with Gasteiger partial charge in [0.05, 0.1) is 11.3 Å². The Bertz CT molecular complexity index is 1460. The van der Waals surface area contributed by atoms with Crippen molar-refractivity contribution in [2.24, 2.45) is 5.14 Å². The van der Waals surface area contributed by atoms with Gasteiger partial charge in [-0.3, -0.25) is 0 Å². The normalized spacial score (nSPS) is 12.2. The third kappa shape index (κ3) is 4.97. The Morgan fingerprint density at radius 2 is 1.61 bits per heavy atom. The molecule has 0 aliphatic heterocycles. The molecule has 5 nitrogen and oxygen atoms in total. The van der Waals surface area contributed by atoms with Gasteiger partial charge in [-0.25, -0.2) is 23.5 Å². The van der Waals surface area contributed by atoms with E-state index in [-0.39, 0.29) is 9.77 Å². The molecule has 2 N–H and O–H groups in total. The molecule has 4 aromatic rings. The highest BCUT2D eigenvalue weighted by Crippen LogP contribution is 2.35. The number of benzene rings is 2. The van der Waals surface area contributed by atoms with E-state index in [1.54, 1.807) is 25.1 Å². The highest BCUT2D eigenvalue weighted by molar-refractivity contribution is 7.91. The maximum atomic E-state index is 13.1. The monoisotopic (exact) mass is 489 g/mol. The smallest absolute Gasteiger partial charge is 0.233 e. The van der Waals surface area contributed by atoms with E-state index in [0.717, 1.165) is 23.0 Å². The lowest BCUT2D eigenvalue weighted by molar-refractivity contribution is -0.138. The Labute approximate surface area is 192 Å². The van der Waals surface area contributed by atoms with Crippen molar-refractivity contribution in [1.29, 1.82) is 0 Å². The van der Waals surface area contributed by atoms with Crippen molar-refractivity contribution in [2.75, 3.05) is 0 Å². The van der Waals surface area contributed by atoms with Crippen molar-refractivity contribution in [3.63, 3.8) is 0 Å². The average molecular weight is 490 g/mol. The molecular formula is C23H18F3N3O2S2. The zero-order chi connectivity index (χ0) is 24.0. The molecule has 0 aliphatic carbocycles. The van der Waals surface area contributed by atoms with Gasteiger partial charge >= 0.3 is 6.18 Å². The summed E-state index contributed by atoms with van der Waals surface area (Å²) in [4.78, 5) is 9.78. The fourth-order valence-electron chi connectivity index (χ4n) is 3.43. The molecule has 0 atom stereocenters. The van der Waals surface area contributed by atoms with Crippen LogP contribution in [0.25, 0.3) is 33.1 Å². The van der Waals surface area contributed by atoms with Gasteiger partial charge in [0.1, 0.15) is 4.21 Å². The average Bonchev–Trinajstić information content (AvgIpc) is 3.23. The maximum Gasteiger partial charge on any atom is 0.416 e. The van der Waals surface area contributed by atoms with E-state index in [1.807, 2.05) is 18.2 Å². The number of nitrogens with zero attached hydrogens (tertiary/aromatic N) is 2. The predicted octanol–water partition coefficient (Wildman–Crippen LogP) is 5.82. The van der Waals surface area contributed by atoms with Crippen LogP contribution in [0, 0.1) is 13.8 Å². The minimum Gasteiger partial charge on any atom is -0.233 e. The summed E-state index contributed by atoms with van der Waals surface area (Å²) in [6.45, 7) is 3.20. The Hall–Kier alpha value is -3.08. The Balaban J connectivity index is 1.74. The van der Waals surface area contributed by atoms with Gasteiger partial charge < -0.3 is 0 Å². The standard InChI is InChI=1S/C23H18F3N3O2S2/c1-13-10-15(6-7-18(13)23(24,25)26)19-11-14(2)28-22(29-19)17-5-3-4-16(12-17)20-8-9-21(32-20)33(27,30)31/h3-12H,1-2H3,(H2,27,30,31). The summed E-state index contributed by atoms with van der Waals surface area (Å²) in [5, 5.41) is 5.20. The van der Waals surface area contributed by atoms with Crippen molar-refractivity contribution in [2.45, 2.75) is 24.2 Å². The van der Waals surface area contributed by atoms with Crippen LogP contribution >= 0.6 is 11.3 Å².